The largest absolute Gasteiger partial charge is 0.309 e. The van der Waals surface area contributed by atoms with E-state index in [1.807, 2.05) is 36.5 Å². The minimum absolute atomic E-state index is 0.852. The molecule has 0 saturated heterocycles. The highest BCUT2D eigenvalue weighted by Gasteiger charge is 2.22. The molecule has 0 fully saturated rings. The number of aromatic nitrogens is 2. The molecule has 0 amide bonds. The van der Waals surface area contributed by atoms with Crippen LogP contribution in [-0.4, -0.2) is 9.97 Å². The van der Waals surface area contributed by atoms with Crippen molar-refractivity contribution in [2.45, 2.75) is 0 Å². The average Bonchev–Trinajstić information content (AvgIpc) is 3.38. The van der Waals surface area contributed by atoms with Crippen molar-refractivity contribution in [2.75, 3.05) is 4.90 Å². The van der Waals surface area contributed by atoms with Crippen molar-refractivity contribution in [1.29, 1.82) is 0 Å². The van der Waals surface area contributed by atoms with E-state index in [2.05, 4.69) is 119 Å². The van der Waals surface area contributed by atoms with E-state index in [1.165, 1.54) is 44.2 Å². The number of pyridine rings is 2. The van der Waals surface area contributed by atoms with Gasteiger partial charge in [-0.15, -0.1) is 0 Å². The number of rotatable bonds is 5. The van der Waals surface area contributed by atoms with Gasteiger partial charge in [0.05, 0.1) is 23.3 Å². The average molecular weight is 524 g/mol. The number of anilines is 3. The van der Waals surface area contributed by atoms with Crippen molar-refractivity contribution in [3.63, 3.8) is 0 Å². The molecule has 0 bridgehead atoms. The maximum atomic E-state index is 4.78. The standard InChI is InChI=1S/C38H25N3/c1-2-11-27(12-3-1)41(29-19-22-37(40-25-29)36-18-6-7-23-39-36)28-13-8-10-26(24-28)30-20-21-35-32-15-5-4-14-31(32)34-17-9-16-33(30)38(34)35/h1-25H. The van der Waals surface area contributed by atoms with E-state index in [0.717, 1.165) is 28.5 Å². The summed E-state index contributed by atoms with van der Waals surface area (Å²) in [5, 5.41) is 2.62. The molecule has 0 aliphatic heterocycles. The molecule has 0 atom stereocenters. The van der Waals surface area contributed by atoms with Crippen molar-refractivity contribution in [3.8, 4) is 44.8 Å². The predicted octanol–water partition coefficient (Wildman–Crippen LogP) is 10.1. The Morgan fingerprint density at radius 2 is 1.10 bits per heavy atom. The number of benzene rings is 5. The highest BCUT2D eigenvalue weighted by atomic mass is 15.1. The quantitative estimate of drug-likeness (QED) is 0.225. The van der Waals surface area contributed by atoms with Gasteiger partial charge in [-0.1, -0.05) is 91.0 Å². The molecule has 7 aromatic rings. The monoisotopic (exact) mass is 523 g/mol. The minimum Gasteiger partial charge on any atom is -0.309 e. The summed E-state index contributed by atoms with van der Waals surface area (Å²) in [5.41, 5.74) is 12.5. The molecule has 0 spiro atoms. The number of nitrogens with zero attached hydrogens (tertiary/aromatic N) is 3. The molecular formula is C38H25N3. The van der Waals surface area contributed by atoms with E-state index in [1.54, 1.807) is 6.20 Å². The molecule has 192 valence electrons. The lowest BCUT2D eigenvalue weighted by Gasteiger charge is -2.26. The van der Waals surface area contributed by atoms with Gasteiger partial charge in [0.1, 0.15) is 0 Å². The first kappa shape index (κ1) is 23.4. The van der Waals surface area contributed by atoms with Gasteiger partial charge in [0.15, 0.2) is 0 Å². The van der Waals surface area contributed by atoms with Crippen LogP contribution in [0.3, 0.4) is 0 Å². The lowest BCUT2D eigenvalue weighted by Crippen LogP contribution is -2.10. The van der Waals surface area contributed by atoms with Crippen molar-refractivity contribution in [3.05, 3.63) is 152 Å². The van der Waals surface area contributed by atoms with Gasteiger partial charge in [0, 0.05) is 17.6 Å². The van der Waals surface area contributed by atoms with Crippen molar-refractivity contribution >= 4 is 27.8 Å². The van der Waals surface area contributed by atoms with E-state index in [-0.39, 0.29) is 0 Å². The van der Waals surface area contributed by atoms with Crippen LogP contribution in [-0.2, 0) is 0 Å². The Labute approximate surface area is 239 Å². The van der Waals surface area contributed by atoms with Crippen LogP contribution in [0.15, 0.2) is 152 Å². The van der Waals surface area contributed by atoms with Crippen LogP contribution in [0.5, 0.6) is 0 Å². The molecule has 1 aliphatic carbocycles. The van der Waals surface area contributed by atoms with Gasteiger partial charge in [0.2, 0.25) is 0 Å². The SMILES string of the molecule is c1ccc(N(c2ccc(-c3ccccn3)nc2)c2cccc(-c3ccc4c5c(cccc35)-c3ccccc3-4)c2)cc1. The lowest BCUT2D eigenvalue weighted by molar-refractivity contribution is 1.21. The molecule has 0 unspecified atom stereocenters. The smallest absolute Gasteiger partial charge is 0.0887 e. The Morgan fingerprint density at radius 3 is 1.88 bits per heavy atom. The van der Waals surface area contributed by atoms with Crippen LogP contribution < -0.4 is 4.90 Å². The summed E-state index contributed by atoms with van der Waals surface area (Å²) in [5.74, 6) is 0. The summed E-state index contributed by atoms with van der Waals surface area (Å²) in [4.78, 5) is 11.5. The Bertz CT molecular complexity index is 2000. The van der Waals surface area contributed by atoms with Gasteiger partial charge < -0.3 is 4.90 Å². The van der Waals surface area contributed by atoms with Crippen LogP contribution in [0.4, 0.5) is 17.1 Å². The third kappa shape index (κ3) is 3.90. The normalized spacial score (nSPS) is 11.4. The first-order valence-corrected chi connectivity index (χ1v) is 13.8. The minimum atomic E-state index is 0.852. The number of fused-ring (bicyclic) bond motifs is 3. The number of hydrogen-bond acceptors (Lipinski definition) is 3. The third-order valence-corrected chi connectivity index (χ3v) is 7.91. The van der Waals surface area contributed by atoms with E-state index >= 15 is 0 Å². The maximum absolute atomic E-state index is 4.78. The van der Waals surface area contributed by atoms with E-state index in [9.17, 15) is 0 Å². The topological polar surface area (TPSA) is 29.0 Å². The summed E-state index contributed by atoms with van der Waals surface area (Å²) in [7, 11) is 0. The van der Waals surface area contributed by atoms with Gasteiger partial charge in [-0.2, -0.15) is 0 Å². The molecule has 1 aliphatic rings. The van der Waals surface area contributed by atoms with Gasteiger partial charge in [0.25, 0.3) is 0 Å². The van der Waals surface area contributed by atoms with E-state index in [4.69, 9.17) is 4.98 Å². The fraction of sp³-hybridized carbons (Fsp3) is 0. The molecule has 0 saturated carbocycles. The second-order valence-corrected chi connectivity index (χ2v) is 10.3. The van der Waals surface area contributed by atoms with Crippen molar-refractivity contribution in [2.24, 2.45) is 0 Å². The summed E-state index contributed by atoms with van der Waals surface area (Å²) >= 11 is 0. The molecule has 3 heteroatoms. The summed E-state index contributed by atoms with van der Waals surface area (Å²) in [6, 6.07) is 49.3. The van der Waals surface area contributed by atoms with Gasteiger partial charge >= 0.3 is 0 Å². The zero-order valence-corrected chi connectivity index (χ0v) is 22.3. The first-order chi connectivity index (χ1) is 20.3. The third-order valence-electron chi connectivity index (χ3n) is 7.91. The van der Waals surface area contributed by atoms with Crippen LogP contribution >= 0.6 is 0 Å². The summed E-state index contributed by atoms with van der Waals surface area (Å²) in [6.45, 7) is 0. The number of para-hydroxylation sites is 1. The van der Waals surface area contributed by atoms with Crippen LogP contribution in [0.2, 0.25) is 0 Å². The summed E-state index contributed by atoms with van der Waals surface area (Å²) < 4.78 is 0. The Kier molecular flexibility index (Phi) is 5.46. The van der Waals surface area contributed by atoms with Crippen molar-refractivity contribution < 1.29 is 0 Å². The molecule has 41 heavy (non-hydrogen) atoms. The molecule has 0 N–H and O–H groups in total. The van der Waals surface area contributed by atoms with E-state index < -0.39 is 0 Å². The summed E-state index contributed by atoms with van der Waals surface area (Å²) in [6.07, 6.45) is 3.73. The van der Waals surface area contributed by atoms with Crippen LogP contribution in [0.1, 0.15) is 0 Å². The Hall–Kier alpha value is -5.54. The molecule has 0 radical (unpaired) electrons. The molecule has 5 aromatic carbocycles. The van der Waals surface area contributed by atoms with Gasteiger partial charge in [-0.3, -0.25) is 9.97 Å². The molecule has 3 nitrogen and oxygen atoms in total. The number of hydrogen-bond donors (Lipinski definition) is 0. The first-order valence-electron chi connectivity index (χ1n) is 13.8. The second-order valence-electron chi connectivity index (χ2n) is 10.3. The molecule has 2 aromatic heterocycles. The fourth-order valence-electron chi connectivity index (χ4n) is 6.08. The van der Waals surface area contributed by atoms with Crippen LogP contribution in [0, 0.1) is 0 Å². The Morgan fingerprint density at radius 1 is 0.415 bits per heavy atom. The lowest BCUT2D eigenvalue weighted by atomic mass is 9.94. The van der Waals surface area contributed by atoms with Gasteiger partial charge in [-0.25, -0.2) is 0 Å². The van der Waals surface area contributed by atoms with Gasteiger partial charge in [-0.05, 0) is 92.7 Å². The highest BCUT2D eigenvalue weighted by molar-refractivity contribution is 6.18. The highest BCUT2D eigenvalue weighted by Crippen LogP contribution is 2.49. The zero-order chi connectivity index (χ0) is 27.2. The fourth-order valence-corrected chi connectivity index (χ4v) is 6.08. The van der Waals surface area contributed by atoms with Crippen molar-refractivity contribution in [1.82, 2.24) is 9.97 Å². The Balaban J connectivity index is 1.25. The zero-order valence-electron chi connectivity index (χ0n) is 22.3. The van der Waals surface area contributed by atoms with Crippen LogP contribution in [0.25, 0.3) is 55.5 Å². The molecule has 8 rings (SSSR count). The van der Waals surface area contributed by atoms with E-state index in [0.29, 0.717) is 0 Å². The predicted molar refractivity (Wildman–Crippen MR) is 170 cm³/mol. The molecule has 2 heterocycles. The maximum Gasteiger partial charge on any atom is 0.0887 e. The second kappa shape index (κ2) is 9.58. The molecular weight excluding hydrogens is 498 g/mol.